The van der Waals surface area contributed by atoms with Gasteiger partial charge in [-0.05, 0) is 30.0 Å². The Hall–Kier alpha value is -2.91. The van der Waals surface area contributed by atoms with Crippen LogP contribution in [0.3, 0.4) is 0 Å². The lowest BCUT2D eigenvalue weighted by Crippen LogP contribution is -2.53. The number of nitriles is 1. The van der Waals surface area contributed by atoms with E-state index in [4.69, 9.17) is 0 Å². The fourth-order valence-electron chi connectivity index (χ4n) is 4.00. The van der Waals surface area contributed by atoms with E-state index in [9.17, 15) is 10.1 Å². The quantitative estimate of drug-likeness (QED) is 0.902. The molecule has 27 heavy (non-hydrogen) atoms. The standard InChI is InChI=1S/C21H23N5O/c22-14-17-7-4-8-23-20(17)25-9-11-26(12-10-25)21(27)19-13-18(15-24-19)16-5-2-1-3-6-16/h1-8,18-19,24H,9-13,15H2/t18-,19-/m1/s1. The highest BCUT2D eigenvalue weighted by molar-refractivity contribution is 5.82. The van der Waals surface area contributed by atoms with Gasteiger partial charge in [-0.2, -0.15) is 5.26 Å². The summed E-state index contributed by atoms with van der Waals surface area (Å²) in [6.45, 7) is 3.57. The number of anilines is 1. The third-order valence-corrected chi connectivity index (χ3v) is 5.50. The van der Waals surface area contributed by atoms with Gasteiger partial charge in [0.25, 0.3) is 0 Å². The molecule has 0 aliphatic carbocycles. The largest absolute Gasteiger partial charge is 0.352 e. The Labute approximate surface area is 159 Å². The van der Waals surface area contributed by atoms with Crippen LogP contribution in [-0.4, -0.2) is 54.6 Å². The number of hydrogen-bond acceptors (Lipinski definition) is 5. The summed E-state index contributed by atoms with van der Waals surface area (Å²) in [4.78, 5) is 21.3. The number of benzene rings is 1. The lowest BCUT2D eigenvalue weighted by Gasteiger charge is -2.36. The number of carbonyl (C=O) groups excluding carboxylic acids is 1. The Morgan fingerprint density at radius 1 is 1.11 bits per heavy atom. The van der Waals surface area contributed by atoms with Crippen molar-refractivity contribution >= 4 is 11.7 Å². The molecule has 1 aromatic heterocycles. The molecule has 6 nitrogen and oxygen atoms in total. The van der Waals surface area contributed by atoms with E-state index in [1.54, 1.807) is 18.3 Å². The SMILES string of the molecule is N#Cc1cccnc1N1CCN(C(=O)[C@H]2C[C@@H](c3ccccc3)CN2)CC1. The molecule has 0 unspecified atom stereocenters. The van der Waals surface area contributed by atoms with Gasteiger partial charge in [-0.3, -0.25) is 4.79 Å². The predicted molar refractivity (Wildman–Crippen MR) is 103 cm³/mol. The van der Waals surface area contributed by atoms with E-state index in [2.05, 4.69) is 45.5 Å². The Bertz CT molecular complexity index is 839. The normalized spacial score (nSPS) is 22.5. The third kappa shape index (κ3) is 3.64. The van der Waals surface area contributed by atoms with E-state index >= 15 is 0 Å². The zero-order valence-electron chi connectivity index (χ0n) is 15.2. The van der Waals surface area contributed by atoms with Crippen molar-refractivity contribution in [3.8, 4) is 6.07 Å². The molecular formula is C21H23N5O. The summed E-state index contributed by atoms with van der Waals surface area (Å²) < 4.78 is 0. The van der Waals surface area contributed by atoms with Gasteiger partial charge in [-0.25, -0.2) is 4.98 Å². The zero-order chi connectivity index (χ0) is 18.6. The number of carbonyl (C=O) groups is 1. The van der Waals surface area contributed by atoms with Crippen molar-refractivity contribution in [2.24, 2.45) is 0 Å². The fraction of sp³-hybridized carbons (Fsp3) is 0.381. The van der Waals surface area contributed by atoms with Crippen LogP contribution in [0.25, 0.3) is 0 Å². The summed E-state index contributed by atoms with van der Waals surface area (Å²) in [5.41, 5.74) is 1.88. The molecule has 2 aliphatic rings. The number of pyridine rings is 1. The van der Waals surface area contributed by atoms with Crippen LogP contribution in [0.4, 0.5) is 5.82 Å². The molecular weight excluding hydrogens is 338 g/mol. The average Bonchev–Trinajstić information content (AvgIpc) is 3.24. The molecule has 0 saturated carbocycles. The number of hydrogen-bond donors (Lipinski definition) is 1. The number of nitrogens with one attached hydrogen (secondary N) is 1. The van der Waals surface area contributed by atoms with Gasteiger partial charge in [0, 0.05) is 38.9 Å². The summed E-state index contributed by atoms with van der Waals surface area (Å²) in [6.07, 6.45) is 2.56. The molecule has 2 atom stereocenters. The lowest BCUT2D eigenvalue weighted by atomic mass is 9.96. The average molecular weight is 361 g/mol. The van der Waals surface area contributed by atoms with Crippen molar-refractivity contribution in [1.29, 1.82) is 5.26 Å². The van der Waals surface area contributed by atoms with Crippen LogP contribution in [-0.2, 0) is 4.79 Å². The molecule has 4 rings (SSSR count). The first-order valence-electron chi connectivity index (χ1n) is 9.43. The second kappa shape index (κ2) is 7.77. The highest BCUT2D eigenvalue weighted by atomic mass is 16.2. The molecule has 2 aromatic rings. The minimum Gasteiger partial charge on any atom is -0.352 e. The number of aromatic nitrogens is 1. The maximum absolute atomic E-state index is 12.9. The first-order valence-corrected chi connectivity index (χ1v) is 9.43. The second-order valence-corrected chi connectivity index (χ2v) is 7.10. The smallest absolute Gasteiger partial charge is 0.239 e. The molecule has 0 radical (unpaired) electrons. The molecule has 6 heteroatoms. The maximum Gasteiger partial charge on any atom is 0.239 e. The summed E-state index contributed by atoms with van der Waals surface area (Å²) in [6, 6.07) is 16.0. The first kappa shape index (κ1) is 17.5. The summed E-state index contributed by atoms with van der Waals surface area (Å²) in [5, 5.41) is 12.7. The number of piperazine rings is 1. The molecule has 138 valence electrons. The number of amides is 1. The molecule has 2 fully saturated rings. The van der Waals surface area contributed by atoms with Crippen molar-refractivity contribution in [2.45, 2.75) is 18.4 Å². The first-order chi connectivity index (χ1) is 13.3. The van der Waals surface area contributed by atoms with Gasteiger partial charge in [0.15, 0.2) is 0 Å². The highest BCUT2D eigenvalue weighted by Crippen LogP contribution is 2.27. The van der Waals surface area contributed by atoms with Crippen molar-refractivity contribution in [2.75, 3.05) is 37.6 Å². The molecule has 3 heterocycles. The van der Waals surface area contributed by atoms with Crippen molar-refractivity contribution in [3.05, 3.63) is 59.8 Å². The summed E-state index contributed by atoms with van der Waals surface area (Å²) >= 11 is 0. The molecule has 2 saturated heterocycles. The second-order valence-electron chi connectivity index (χ2n) is 7.10. The van der Waals surface area contributed by atoms with Crippen LogP contribution in [0.1, 0.15) is 23.5 Å². The molecule has 0 bridgehead atoms. The fourth-order valence-corrected chi connectivity index (χ4v) is 4.00. The van der Waals surface area contributed by atoms with Crippen LogP contribution in [0.2, 0.25) is 0 Å². The van der Waals surface area contributed by atoms with Crippen LogP contribution >= 0.6 is 0 Å². The molecule has 1 aromatic carbocycles. The Morgan fingerprint density at radius 2 is 1.89 bits per heavy atom. The van der Waals surface area contributed by atoms with Crippen molar-refractivity contribution in [3.63, 3.8) is 0 Å². The number of rotatable bonds is 3. The molecule has 2 aliphatic heterocycles. The van der Waals surface area contributed by atoms with E-state index < -0.39 is 0 Å². The van der Waals surface area contributed by atoms with Gasteiger partial charge in [-0.1, -0.05) is 30.3 Å². The van der Waals surface area contributed by atoms with Crippen molar-refractivity contribution < 1.29 is 4.79 Å². The Morgan fingerprint density at radius 3 is 2.63 bits per heavy atom. The monoisotopic (exact) mass is 361 g/mol. The van der Waals surface area contributed by atoms with E-state index in [1.807, 2.05) is 11.0 Å². The maximum atomic E-state index is 12.9. The summed E-state index contributed by atoms with van der Waals surface area (Å²) in [7, 11) is 0. The predicted octanol–water partition coefficient (Wildman–Crippen LogP) is 1.75. The molecule has 1 N–H and O–H groups in total. The van der Waals surface area contributed by atoms with Gasteiger partial charge in [-0.15, -0.1) is 0 Å². The zero-order valence-corrected chi connectivity index (χ0v) is 15.2. The topological polar surface area (TPSA) is 72.3 Å². The summed E-state index contributed by atoms with van der Waals surface area (Å²) in [5.74, 6) is 1.30. The minimum absolute atomic E-state index is 0.105. The number of nitrogens with zero attached hydrogens (tertiary/aromatic N) is 4. The van der Waals surface area contributed by atoms with Gasteiger partial charge in [0.2, 0.25) is 5.91 Å². The van der Waals surface area contributed by atoms with E-state index in [0.29, 0.717) is 37.7 Å². The van der Waals surface area contributed by atoms with Crippen LogP contribution in [0, 0.1) is 11.3 Å². The lowest BCUT2D eigenvalue weighted by molar-refractivity contribution is -0.133. The minimum atomic E-state index is -0.105. The van der Waals surface area contributed by atoms with Crippen molar-refractivity contribution in [1.82, 2.24) is 15.2 Å². The van der Waals surface area contributed by atoms with E-state index in [-0.39, 0.29) is 11.9 Å². The van der Waals surface area contributed by atoms with Crippen LogP contribution in [0.5, 0.6) is 0 Å². The van der Waals surface area contributed by atoms with E-state index in [1.165, 1.54) is 5.56 Å². The third-order valence-electron chi connectivity index (χ3n) is 5.50. The Kier molecular flexibility index (Phi) is 5.03. The molecule has 1 amide bonds. The highest BCUT2D eigenvalue weighted by Gasteiger charge is 2.34. The van der Waals surface area contributed by atoms with Crippen LogP contribution < -0.4 is 10.2 Å². The van der Waals surface area contributed by atoms with Gasteiger partial charge in [0.05, 0.1) is 11.6 Å². The van der Waals surface area contributed by atoms with Gasteiger partial charge >= 0.3 is 0 Å². The van der Waals surface area contributed by atoms with Gasteiger partial charge in [0.1, 0.15) is 11.9 Å². The van der Waals surface area contributed by atoms with E-state index in [0.717, 1.165) is 18.8 Å². The van der Waals surface area contributed by atoms with Gasteiger partial charge < -0.3 is 15.1 Å². The Balaban J connectivity index is 1.35. The molecule has 0 spiro atoms. The van der Waals surface area contributed by atoms with Crippen LogP contribution in [0.15, 0.2) is 48.7 Å².